The predicted molar refractivity (Wildman–Crippen MR) is 66.9 cm³/mol. The number of hydrogen-bond donors (Lipinski definition) is 1. The molecule has 0 spiro atoms. The van der Waals surface area contributed by atoms with Gasteiger partial charge >= 0.3 is 0 Å². The van der Waals surface area contributed by atoms with Gasteiger partial charge < -0.3 is 10.1 Å². The van der Waals surface area contributed by atoms with Gasteiger partial charge in [-0.1, -0.05) is 24.6 Å². The topological polar surface area (TPSA) is 21.3 Å². The van der Waals surface area contributed by atoms with E-state index in [-0.39, 0.29) is 0 Å². The zero-order valence-electron chi connectivity index (χ0n) is 10.0. The summed E-state index contributed by atoms with van der Waals surface area (Å²) in [5.41, 5.74) is 1.22. The van der Waals surface area contributed by atoms with E-state index < -0.39 is 0 Å². The normalized spacial score (nSPS) is 20.7. The van der Waals surface area contributed by atoms with Gasteiger partial charge in [0.1, 0.15) is 5.75 Å². The zero-order chi connectivity index (χ0) is 11.2. The first-order valence-corrected chi connectivity index (χ1v) is 6.28. The summed E-state index contributed by atoms with van der Waals surface area (Å²) < 4.78 is 5.80. The maximum absolute atomic E-state index is 5.80. The van der Waals surface area contributed by atoms with Gasteiger partial charge in [-0.3, -0.25) is 0 Å². The highest BCUT2D eigenvalue weighted by molar-refractivity contribution is 5.31. The van der Waals surface area contributed by atoms with Crippen molar-refractivity contribution in [2.45, 2.75) is 38.6 Å². The van der Waals surface area contributed by atoms with E-state index in [0.717, 1.165) is 18.8 Å². The second-order valence-electron chi connectivity index (χ2n) is 4.55. The molecule has 0 aliphatic carbocycles. The van der Waals surface area contributed by atoms with Crippen LogP contribution < -0.4 is 10.1 Å². The third kappa shape index (κ3) is 3.24. The fourth-order valence-corrected chi connectivity index (χ4v) is 2.20. The summed E-state index contributed by atoms with van der Waals surface area (Å²) in [5.74, 6) is 1.03. The van der Waals surface area contributed by atoms with Gasteiger partial charge in [0.25, 0.3) is 0 Å². The molecule has 1 heterocycles. The number of aryl methyl sites for hydroxylation is 1. The lowest BCUT2D eigenvalue weighted by atomic mass is 10.0. The van der Waals surface area contributed by atoms with Crippen molar-refractivity contribution in [2.24, 2.45) is 0 Å². The van der Waals surface area contributed by atoms with Gasteiger partial charge in [0, 0.05) is 6.04 Å². The van der Waals surface area contributed by atoms with Gasteiger partial charge in [-0.05, 0) is 44.4 Å². The molecule has 1 atom stereocenters. The van der Waals surface area contributed by atoms with E-state index in [1.807, 2.05) is 18.2 Å². The van der Waals surface area contributed by atoms with Crippen LogP contribution in [-0.4, -0.2) is 19.2 Å². The second kappa shape index (κ2) is 5.90. The van der Waals surface area contributed by atoms with Gasteiger partial charge in [-0.25, -0.2) is 0 Å². The molecule has 2 rings (SSSR count). The van der Waals surface area contributed by atoms with Gasteiger partial charge in [-0.2, -0.15) is 0 Å². The van der Waals surface area contributed by atoms with E-state index >= 15 is 0 Å². The lowest BCUT2D eigenvalue weighted by Crippen LogP contribution is -2.35. The smallest absolute Gasteiger partial charge is 0.122 e. The molecule has 0 radical (unpaired) electrons. The fourth-order valence-electron chi connectivity index (χ4n) is 2.20. The Balaban J connectivity index is 1.73. The molecular weight excluding hydrogens is 198 g/mol. The standard InChI is InChI=1S/C14H21NO/c1-12-6-2-3-8-14(12)16-11-9-13-7-4-5-10-15-13/h2-3,6,8,13,15H,4-5,7,9-11H2,1H3. The summed E-state index contributed by atoms with van der Waals surface area (Å²) in [6.07, 6.45) is 5.11. The van der Waals surface area contributed by atoms with E-state index in [9.17, 15) is 0 Å². The first kappa shape index (κ1) is 11.5. The number of nitrogens with one attached hydrogen (secondary N) is 1. The number of piperidine rings is 1. The molecule has 1 fully saturated rings. The van der Waals surface area contributed by atoms with Crippen molar-refractivity contribution in [3.63, 3.8) is 0 Å². The van der Waals surface area contributed by atoms with Gasteiger partial charge in [0.05, 0.1) is 6.61 Å². The highest BCUT2D eigenvalue weighted by Crippen LogP contribution is 2.17. The van der Waals surface area contributed by atoms with Crippen molar-refractivity contribution in [1.29, 1.82) is 0 Å². The van der Waals surface area contributed by atoms with Crippen LogP contribution in [0.2, 0.25) is 0 Å². The van der Waals surface area contributed by atoms with E-state index in [1.54, 1.807) is 0 Å². The summed E-state index contributed by atoms with van der Waals surface area (Å²) in [4.78, 5) is 0. The Morgan fingerprint density at radius 2 is 2.19 bits per heavy atom. The average Bonchev–Trinajstić information content (AvgIpc) is 2.33. The molecule has 88 valence electrons. The Kier molecular flexibility index (Phi) is 4.23. The quantitative estimate of drug-likeness (QED) is 0.840. The molecule has 1 aromatic carbocycles. The Morgan fingerprint density at radius 3 is 2.94 bits per heavy atom. The lowest BCUT2D eigenvalue weighted by molar-refractivity contribution is 0.267. The minimum Gasteiger partial charge on any atom is -0.493 e. The van der Waals surface area contributed by atoms with Crippen molar-refractivity contribution in [3.05, 3.63) is 29.8 Å². The van der Waals surface area contributed by atoms with Crippen LogP contribution in [0.5, 0.6) is 5.75 Å². The van der Waals surface area contributed by atoms with E-state index in [1.165, 1.54) is 31.4 Å². The molecule has 0 amide bonds. The molecule has 0 bridgehead atoms. The third-order valence-electron chi connectivity index (χ3n) is 3.23. The van der Waals surface area contributed by atoms with Crippen LogP contribution in [0.15, 0.2) is 24.3 Å². The summed E-state index contributed by atoms with van der Waals surface area (Å²) >= 11 is 0. The van der Waals surface area contributed by atoms with E-state index in [2.05, 4.69) is 18.3 Å². The monoisotopic (exact) mass is 219 g/mol. The Hall–Kier alpha value is -1.02. The zero-order valence-corrected chi connectivity index (χ0v) is 10.0. The van der Waals surface area contributed by atoms with E-state index in [0.29, 0.717) is 6.04 Å². The highest BCUT2D eigenvalue weighted by Gasteiger charge is 2.12. The maximum Gasteiger partial charge on any atom is 0.122 e. The van der Waals surface area contributed by atoms with Crippen molar-refractivity contribution in [1.82, 2.24) is 5.32 Å². The van der Waals surface area contributed by atoms with Gasteiger partial charge in [0.2, 0.25) is 0 Å². The van der Waals surface area contributed by atoms with E-state index in [4.69, 9.17) is 4.74 Å². The molecule has 0 saturated carbocycles. The molecule has 0 aromatic heterocycles. The summed E-state index contributed by atoms with van der Waals surface area (Å²) in [6.45, 7) is 4.09. The van der Waals surface area contributed by atoms with Crippen LogP contribution in [0, 0.1) is 6.92 Å². The maximum atomic E-state index is 5.80. The predicted octanol–water partition coefficient (Wildman–Crippen LogP) is 2.91. The molecule has 1 unspecified atom stereocenters. The number of ether oxygens (including phenoxy) is 1. The first-order chi connectivity index (χ1) is 7.86. The molecule has 1 N–H and O–H groups in total. The van der Waals surface area contributed by atoms with Crippen LogP contribution in [0.3, 0.4) is 0 Å². The van der Waals surface area contributed by atoms with Crippen molar-refractivity contribution < 1.29 is 4.74 Å². The number of rotatable bonds is 4. The third-order valence-corrected chi connectivity index (χ3v) is 3.23. The average molecular weight is 219 g/mol. The lowest BCUT2D eigenvalue weighted by Gasteiger charge is -2.23. The minimum absolute atomic E-state index is 0.665. The molecule has 1 saturated heterocycles. The Labute approximate surface area is 98.0 Å². The van der Waals surface area contributed by atoms with Gasteiger partial charge in [-0.15, -0.1) is 0 Å². The minimum atomic E-state index is 0.665. The summed E-state index contributed by atoms with van der Waals surface area (Å²) in [5, 5.41) is 3.54. The highest BCUT2D eigenvalue weighted by atomic mass is 16.5. The summed E-state index contributed by atoms with van der Waals surface area (Å²) in [6, 6.07) is 8.88. The largest absolute Gasteiger partial charge is 0.493 e. The molecule has 16 heavy (non-hydrogen) atoms. The molecule has 1 aliphatic rings. The van der Waals surface area contributed by atoms with Gasteiger partial charge in [0.15, 0.2) is 0 Å². The van der Waals surface area contributed by atoms with Crippen LogP contribution >= 0.6 is 0 Å². The molecular formula is C14H21NO. The Bertz CT molecular complexity index is 318. The van der Waals surface area contributed by atoms with Crippen molar-refractivity contribution in [2.75, 3.05) is 13.2 Å². The molecule has 1 aliphatic heterocycles. The fraction of sp³-hybridized carbons (Fsp3) is 0.571. The number of benzene rings is 1. The van der Waals surface area contributed by atoms with Crippen molar-refractivity contribution >= 4 is 0 Å². The van der Waals surface area contributed by atoms with Crippen LogP contribution in [-0.2, 0) is 0 Å². The molecule has 1 aromatic rings. The number of hydrogen-bond acceptors (Lipinski definition) is 2. The van der Waals surface area contributed by atoms with Crippen LogP contribution in [0.25, 0.3) is 0 Å². The SMILES string of the molecule is Cc1ccccc1OCCC1CCCCN1. The van der Waals surface area contributed by atoms with Crippen molar-refractivity contribution in [3.8, 4) is 5.75 Å². The first-order valence-electron chi connectivity index (χ1n) is 6.28. The summed E-state index contributed by atoms with van der Waals surface area (Å²) in [7, 11) is 0. The van der Waals surface area contributed by atoms with Crippen LogP contribution in [0.4, 0.5) is 0 Å². The molecule has 2 nitrogen and oxygen atoms in total. The molecule has 2 heteroatoms. The van der Waals surface area contributed by atoms with Crippen LogP contribution in [0.1, 0.15) is 31.2 Å². The second-order valence-corrected chi connectivity index (χ2v) is 4.55. The Morgan fingerprint density at radius 1 is 1.31 bits per heavy atom. The number of para-hydroxylation sites is 1.